The molecule has 0 aromatic rings. The number of rotatable bonds is 6. The van der Waals surface area contributed by atoms with E-state index >= 15 is 0 Å². The van der Waals surface area contributed by atoms with Crippen molar-refractivity contribution in [1.29, 1.82) is 5.26 Å². The molecule has 0 spiro atoms. The molecule has 0 aliphatic heterocycles. The molecule has 0 aromatic heterocycles. The fourth-order valence-electron chi connectivity index (χ4n) is 0.742. The van der Waals surface area contributed by atoms with Gasteiger partial charge in [-0.05, 0) is 25.6 Å². The van der Waals surface area contributed by atoms with Crippen molar-refractivity contribution in [3.63, 3.8) is 0 Å². The predicted octanol–water partition coefficient (Wildman–Crippen LogP) is 2.27. The largest absolute Gasteiger partial charge is 0.302 e. The van der Waals surface area contributed by atoms with Crippen LogP contribution in [0, 0.1) is 17.2 Å². The third-order valence-electron chi connectivity index (χ3n) is 2.29. The van der Waals surface area contributed by atoms with E-state index < -0.39 is 0 Å². The lowest BCUT2D eigenvalue weighted by molar-refractivity contribution is 0.548. The monoisotopic (exact) mass is 200 g/mol. The molecule has 0 heterocycles. The Morgan fingerprint density at radius 3 is 2.62 bits per heavy atom. The quantitative estimate of drug-likeness (QED) is 0.714. The molecule has 2 nitrogen and oxygen atoms in total. The van der Waals surface area contributed by atoms with Crippen LogP contribution in [0.2, 0.25) is 0 Å². The molecule has 2 unspecified atom stereocenters. The van der Waals surface area contributed by atoms with Crippen LogP contribution >= 0.6 is 11.8 Å². The van der Waals surface area contributed by atoms with Crippen LogP contribution in [0.25, 0.3) is 0 Å². The highest BCUT2D eigenvalue weighted by atomic mass is 32.2. The van der Waals surface area contributed by atoms with Gasteiger partial charge in [0.1, 0.15) is 5.54 Å². The number of hydrogen-bond acceptors (Lipinski definition) is 3. The summed E-state index contributed by atoms with van der Waals surface area (Å²) in [5, 5.41) is 11.9. The normalized spacial score (nSPS) is 17.5. The van der Waals surface area contributed by atoms with Crippen molar-refractivity contribution in [3.05, 3.63) is 0 Å². The van der Waals surface area contributed by atoms with Crippen LogP contribution in [0.3, 0.4) is 0 Å². The lowest BCUT2D eigenvalue weighted by Crippen LogP contribution is -2.40. The van der Waals surface area contributed by atoms with Crippen LogP contribution in [-0.2, 0) is 0 Å². The van der Waals surface area contributed by atoms with Gasteiger partial charge in [-0.2, -0.15) is 17.0 Å². The fourth-order valence-corrected chi connectivity index (χ4v) is 2.12. The lowest BCUT2D eigenvalue weighted by atomic mass is 10.1. The van der Waals surface area contributed by atoms with E-state index in [1.807, 2.05) is 25.7 Å². The minimum atomic E-state index is -0.363. The Labute approximate surface area is 86.1 Å². The van der Waals surface area contributed by atoms with E-state index in [0.717, 1.165) is 17.4 Å². The second-order valence-electron chi connectivity index (χ2n) is 3.72. The van der Waals surface area contributed by atoms with Crippen molar-refractivity contribution in [1.82, 2.24) is 5.32 Å². The molecule has 0 amide bonds. The Hall–Kier alpha value is -0.200. The summed E-state index contributed by atoms with van der Waals surface area (Å²) in [6.45, 7) is 6.39. The van der Waals surface area contributed by atoms with Gasteiger partial charge in [0.25, 0.3) is 0 Å². The van der Waals surface area contributed by atoms with Gasteiger partial charge in [0, 0.05) is 5.75 Å². The summed E-state index contributed by atoms with van der Waals surface area (Å²) in [7, 11) is 1.84. The lowest BCUT2D eigenvalue weighted by Gasteiger charge is -2.20. The average molecular weight is 200 g/mol. The Bertz CT molecular complexity index is 176. The molecular formula is C10H20N2S. The van der Waals surface area contributed by atoms with Gasteiger partial charge in [0.15, 0.2) is 0 Å². The molecule has 0 rings (SSSR count). The summed E-state index contributed by atoms with van der Waals surface area (Å²) in [4.78, 5) is 0. The molecule has 1 N–H and O–H groups in total. The summed E-state index contributed by atoms with van der Waals surface area (Å²) in [6, 6.07) is 2.29. The van der Waals surface area contributed by atoms with Gasteiger partial charge < -0.3 is 5.32 Å². The standard InChI is InChI=1S/C10H20N2S/c1-5-9(2)6-13-8-10(3,7-11)12-4/h9,12H,5-6,8H2,1-4H3. The van der Waals surface area contributed by atoms with Crippen LogP contribution in [0.5, 0.6) is 0 Å². The molecule has 0 aliphatic carbocycles. The van der Waals surface area contributed by atoms with Crippen LogP contribution in [0.1, 0.15) is 27.2 Å². The Morgan fingerprint density at radius 1 is 1.62 bits per heavy atom. The van der Waals surface area contributed by atoms with E-state index in [0.29, 0.717) is 0 Å². The molecule has 0 aromatic carbocycles. The Morgan fingerprint density at radius 2 is 2.23 bits per heavy atom. The molecule has 2 atom stereocenters. The summed E-state index contributed by atoms with van der Waals surface area (Å²) >= 11 is 1.86. The van der Waals surface area contributed by atoms with Crippen LogP contribution in [0.4, 0.5) is 0 Å². The third-order valence-corrected chi connectivity index (χ3v) is 3.87. The first-order valence-electron chi connectivity index (χ1n) is 4.76. The summed E-state index contributed by atoms with van der Waals surface area (Å²) in [6.07, 6.45) is 1.22. The Kier molecular flexibility index (Phi) is 6.19. The van der Waals surface area contributed by atoms with Gasteiger partial charge in [-0.25, -0.2) is 0 Å². The predicted molar refractivity (Wildman–Crippen MR) is 59.9 cm³/mol. The zero-order chi connectivity index (χ0) is 10.3. The van der Waals surface area contributed by atoms with Gasteiger partial charge in [-0.3, -0.25) is 0 Å². The van der Waals surface area contributed by atoms with E-state index in [2.05, 4.69) is 25.2 Å². The topological polar surface area (TPSA) is 35.8 Å². The van der Waals surface area contributed by atoms with Crippen LogP contribution in [-0.4, -0.2) is 24.1 Å². The number of nitrogens with one attached hydrogen (secondary N) is 1. The first-order chi connectivity index (χ1) is 6.08. The maximum absolute atomic E-state index is 8.88. The molecule has 0 aliphatic rings. The van der Waals surface area contributed by atoms with Gasteiger partial charge in [-0.15, -0.1) is 0 Å². The summed E-state index contributed by atoms with van der Waals surface area (Å²) in [5.74, 6) is 2.77. The first-order valence-corrected chi connectivity index (χ1v) is 5.91. The molecule has 0 bridgehead atoms. The molecule has 0 radical (unpaired) electrons. The van der Waals surface area contributed by atoms with E-state index in [9.17, 15) is 0 Å². The molecule has 76 valence electrons. The number of nitriles is 1. The van der Waals surface area contributed by atoms with Gasteiger partial charge >= 0.3 is 0 Å². The minimum absolute atomic E-state index is 0.363. The highest BCUT2D eigenvalue weighted by Crippen LogP contribution is 2.16. The highest BCUT2D eigenvalue weighted by Gasteiger charge is 2.20. The second kappa shape index (κ2) is 6.28. The molecule has 0 fully saturated rings. The van der Waals surface area contributed by atoms with Crippen molar-refractivity contribution >= 4 is 11.8 Å². The third kappa shape index (κ3) is 5.17. The SMILES string of the molecule is CCC(C)CSCC(C)(C#N)NC. The summed E-state index contributed by atoms with van der Waals surface area (Å²) in [5.41, 5.74) is -0.363. The maximum atomic E-state index is 8.88. The van der Waals surface area contributed by atoms with E-state index in [1.165, 1.54) is 6.42 Å². The summed E-state index contributed by atoms with van der Waals surface area (Å²) < 4.78 is 0. The Balaban J connectivity index is 3.69. The molecular weight excluding hydrogens is 180 g/mol. The minimum Gasteiger partial charge on any atom is -0.302 e. The van der Waals surface area contributed by atoms with Crippen molar-refractivity contribution in [2.24, 2.45) is 5.92 Å². The van der Waals surface area contributed by atoms with E-state index in [1.54, 1.807) is 0 Å². The molecule has 0 saturated heterocycles. The zero-order valence-electron chi connectivity index (χ0n) is 9.05. The van der Waals surface area contributed by atoms with Crippen molar-refractivity contribution < 1.29 is 0 Å². The molecule has 13 heavy (non-hydrogen) atoms. The van der Waals surface area contributed by atoms with Gasteiger partial charge in [-0.1, -0.05) is 20.3 Å². The van der Waals surface area contributed by atoms with Crippen molar-refractivity contribution in [2.45, 2.75) is 32.7 Å². The van der Waals surface area contributed by atoms with Crippen LogP contribution in [0.15, 0.2) is 0 Å². The van der Waals surface area contributed by atoms with Crippen molar-refractivity contribution in [3.8, 4) is 6.07 Å². The van der Waals surface area contributed by atoms with E-state index in [4.69, 9.17) is 5.26 Å². The van der Waals surface area contributed by atoms with Crippen LogP contribution < -0.4 is 5.32 Å². The number of nitrogens with zero attached hydrogens (tertiary/aromatic N) is 1. The number of thioether (sulfide) groups is 1. The van der Waals surface area contributed by atoms with E-state index in [-0.39, 0.29) is 5.54 Å². The first kappa shape index (κ1) is 12.8. The number of hydrogen-bond donors (Lipinski definition) is 1. The zero-order valence-corrected chi connectivity index (χ0v) is 9.87. The highest BCUT2D eigenvalue weighted by molar-refractivity contribution is 7.99. The maximum Gasteiger partial charge on any atom is 0.112 e. The fraction of sp³-hybridized carbons (Fsp3) is 0.900. The van der Waals surface area contributed by atoms with Gasteiger partial charge in [0.05, 0.1) is 6.07 Å². The average Bonchev–Trinajstić information content (AvgIpc) is 2.17. The molecule has 0 saturated carbocycles. The van der Waals surface area contributed by atoms with Crippen molar-refractivity contribution in [2.75, 3.05) is 18.6 Å². The van der Waals surface area contributed by atoms with Gasteiger partial charge in [0.2, 0.25) is 0 Å². The second-order valence-corrected chi connectivity index (χ2v) is 4.75. The molecule has 3 heteroatoms. The smallest absolute Gasteiger partial charge is 0.112 e.